The van der Waals surface area contributed by atoms with E-state index in [-0.39, 0.29) is 18.3 Å². The monoisotopic (exact) mass is 347 g/mol. The molecule has 0 amide bonds. The first-order valence-electron chi connectivity index (χ1n) is 9.26. The van der Waals surface area contributed by atoms with Gasteiger partial charge < -0.3 is 24.1 Å². The molecule has 1 aromatic rings. The summed E-state index contributed by atoms with van der Waals surface area (Å²) < 4.78 is 17.8. The summed E-state index contributed by atoms with van der Waals surface area (Å²) in [7, 11) is -0.361. The Bertz CT molecular complexity index is 553. The predicted molar refractivity (Wildman–Crippen MR) is 99.3 cm³/mol. The van der Waals surface area contributed by atoms with Crippen molar-refractivity contribution < 1.29 is 19.2 Å². The van der Waals surface area contributed by atoms with Gasteiger partial charge in [-0.15, -0.1) is 0 Å². The van der Waals surface area contributed by atoms with Crippen molar-refractivity contribution in [3.8, 4) is 5.75 Å². The quantitative estimate of drug-likeness (QED) is 0.796. The fraction of sp³-hybridized carbons (Fsp3) is 0.684. The number of hydrogen-bond donors (Lipinski definition) is 1. The number of likely N-dealkylation sites (tertiary alicyclic amines) is 1. The van der Waals surface area contributed by atoms with Crippen LogP contribution in [0.3, 0.4) is 0 Å². The van der Waals surface area contributed by atoms with Gasteiger partial charge in [0.2, 0.25) is 0 Å². The highest BCUT2D eigenvalue weighted by Crippen LogP contribution is 2.36. The molecular formula is C19H30BNO4. The molecule has 0 radical (unpaired) electrons. The number of aliphatic hydroxyl groups is 1. The lowest BCUT2D eigenvalue weighted by atomic mass is 9.79. The maximum atomic E-state index is 10.1. The minimum Gasteiger partial charge on any atom is -0.491 e. The molecule has 0 aliphatic carbocycles. The van der Waals surface area contributed by atoms with Crippen molar-refractivity contribution in [2.45, 2.75) is 57.8 Å². The van der Waals surface area contributed by atoms with E-state index in [1.807, 2.05) is 52.0 Å². The molecule has 138 valence electrons. The summed E-state index contributed by atoms with van der Waals surface area (Å²) in [6.07, 6.45) is 2.00. The van der Waals surface area contributed by atoms with Crippen LogP contribution in [0.4, 0.5) is 0 Å². The van der Waals surface area contributed by atoms with Gasteiger partial charge in [0.15, 0.2) is 0 Å². The lowest BCUT2D eigenvalue weighted by Crippen LogP contribution is -2.41. The first kappa shape index (κ1) is 18.7. The Labute approximate surface area is 151 Å². The predicted octanol–water partition coefficient (Wildman–Crippen LogP) is 1.82. The summed E-state index contributed by atoms with van der Waals surface area (Å²) in [6.45, 7) is 11.4. The van der Waals surface area contributed by atoms with Gasteiger partial charge in [0.05, 0.1) is 11.2 Å². The van der Waals surface area contributed by atoms with Crippen molar-refractivity contribution >= 4 is 12.6 Å². The van der Waals surface area contributed by atoms with Crippen LogP contribution in [0.25, 0.3) is 0 Å². The summed E-state index contributed by atoms with van der Waals surface area (Å²) in [5.41, 5.74) is 0.294. The molecule has 1 N–H and O–H groups in total. The van der Waals surface area contributed by atoms with Gasteiger partial charge in [-0.05, 0) is 71.2 Å². The third-order valence-electron chi connectivity index (χ3n) is 5.52. The van der Waals surface area contributed by atoms with Gasteiger partial charge in [-0.3, -0.25) is 0 Å². The van der Waals surface area contributed by atoms with Gasteiger partial charge >= 0.3 is 7.12 Å². The Morgan fingerprint density at radius 3 is 2.20 bits per heavy atom. The van der Waals surface area contributed by atoms with Crippen LogP contribution in [0.1, 0.15) is 40.5 Å². The zero-order chi connectivity index (χ0) is 18.1. The van der Waals surface area contributed by atoms with Crippen molar-refractivity contribution in [3.05, 3.63) is 24.3 Å². The number of β-amino-alcohol motifs (C(OH)–C–C–N with tert-alkyl or cyclic N) is 1. The molecule has 1 unspecified atom stereocenters. The molecule has 3 rings (SSSR count). The van der Waals surface area contributed by atoms with E-state index in [1.54, 1.807) is 0 Å². The van der Waals surface area contributed by atoms with Crippen LogP contribution in [0.2, 0.25) is 0 Å². The molecule has 2 aliphatic heterocycles. The zero-order valence-corrected chi connectivity index (χ0v) is 15.8. The molecular weight excluding hydrogens is 317 g/mol. The second-order valence-electron chi connectivity index (χ2n) is 8.13. The lowest BCUT2D eigenvalue weighted by molar-refractivity contribution is 0.00578. The van der Waals surface area contributed by atoms with Crippen molar-refractivity contribution in [1.29, 1.82) is 0 Å². The van der Waals surface area contributed by atoms with E-state index in [0.717, 1.165) is 24.3 Å². The number of ether oxygens (including phenoxy) is 1. The van der Waals surface area contributed by atoms with Gasteiger partial charge in [0.1, 0.15) is 18.5 Å². The zero-order valence-electron chi connectivity index (χ0n) is 15.8. The molecule has 5 nitrogen and oxygen atoms in total. The van der Waals surface area contributed by atoms with Crippen LogP contribution in [0, 0.1) is 0 Å². The summed E-state index contributed by atoms with van der Waals surface area (Å²) in [5.74, 6) is 0.751. The van der Waals surface area contributed by atoms with Gasteiger partial charge in [-0.25, -0.2) is 0 Å². The van der Waals surface area contributed by atoms with Crippen molar-refractivity contribution in [1.82, 2.24) is 4.90 Å². The normalized spacial score (nSPS) is 23.8. The first-order chi connectivity index (χ1) is 11.8. The summed E-state index contributed by atoms with van der Waals surface area (Å²) in [6, 6.07) is 7.74. The van der Waals surface area contributed by atoms with E-state index < -0.39 is 6.10 Å². The van der Waals surface area contributed by atoms with Crippen molar-refractivity contribution in [3.63, 3.8) is 0 Å². The molecule has 0 aromatic heterocycles. The van der Waals surface area contributed by atoms with Crippen LogP contribution < -0.4 is 10.2 Å². The average Bonchev–Trinajstić information content (AvgIpc) is 3.12. The lowest BCUT2D eigenvalue weighted by Gasteiger charge is -2.32. The standard InChI is InChI=1S/C19H30BNO4/c1-18(2)19(3,4)25-20(24-18)15-7-9-17(10-8-15)23-14-16(22)13-21-11-5-6-12-21/h7-10,16,22H,5-6,11-14H2,1-4H3. The largest absolute Gasteiger partial charge is 0.494 e. The SMILES string of the molecule is CC1(C)OB(c2ccc(OCC(O)CN3CCCC3)cc2)OC1(C)C. The van der Waals surface area contributed by atoms with Gasteiger partial charge in [0, 0.05) is 6.54 Å². The maximum absolute atomic E-state index is 10.1. The van der Waals surface area contributed by atoms with Crippen LogP contribution >= 0.6 is 0 Å². The number of hydrogen-bond acceptors (Lipinski definition) is 5. The van der Waals surface area contributed by atoms with Crippen molar-refractivity contribution in [2.24, 2.45) is 0 Å². The molecule has 0 bridgehead atoms. The Balaban J connectivity index is 1.51. The third-order valence-corrected chi connectivity index (χ3v) is 5.52. The molecule has 0 saturated carbocycles. The average molecular weight is 347 g/mol. The number of benzene rings is 1. The van der Waals surface area contributed by atoms with E-state index in [2.05, 4.69) is 4.90 Å². The Kier molecular flexibility index (Phi) is 5.44. The molecule has 2 aliphatic rings. The molecule has 1 atom stereocenters. The smallest absolute Gasteiger partial charge is 0.491 e. The minimum absolute atomic E-state index is 0.312. The number of nitrogens with zero attached hydrogens (tertiary/aromatic N) is 1. The third kappa shape index (κ3) is 4.37. The molecule has 2 fully saturated rings. The van der Waals surface area contributed by atoms with E-state index in [4.69, 9.17) is 14.0 Å². The van der Waals surface area contributed by atoms with E-state index in [1.165, 1.54) is 12.8 Å². The fourth-order valence-corrected chi connectivity index (χ4v) is 3.21. The first-order valence-corrected chi connectivity index (χ1v) is 9.26. The highest BCUT2D eigenvalue weighted by atomic mass is 16.7. The van der Waals surface area contributed by atoms with Crippen LogP contribution in [-0.2, 0) is 9.31 Å². The highest BCUT2D eigenvalue weighted by molar-refractivity contribution is 6.62. The van der Waals surface area contributed by atoms with Gasteiger partial charge in [0.25, 0.3) is 0 Å². The van der Waals surface area contributed by atoms with E-state index in [0.29, 0.717) is 13.2 Å². The van der Waals surface area contributed by atoms with Crippen LogP contribution in [0.5, 0.6) is 5.75 Å². The topological polar surface area (TPSA) is 51.2 Å². The second kappa shape index (κ2) is 7.27. The number of aliphatic hydroxyl groups excluding tert-OH is 1. The minimum atomic E-state index is -0.458. The van der Waals surface area contributed by atoms with E-state index >= 15 is 0 Å². The molecule has 0 spiro atoms. The molecule has 1 aromatic carbocycles. The van der Waals surface area contributed by atoms with Crippen molar-refractivity contribution in [2.75, 3.05) is 26.2 Å². The Hall–Kier alpha value is -1.08. The Morgan fingerprint density at radius 2 is 1.64 bits per heavy atom. The van der Waals surface area contributed by atoms with E-state index in [9.17, 15) is 5.11 Å². The molecule has 2 heterocycles. The summed E-state index contributed by atoms with van der Waals surface area (Å²) in [5, 5.41) is 10.1. The van der Waals surface area contributed by atoms with Gasteiger partial charge in [-0.2, -0.15) is 0 Å². The summed E-state index contributed by atoms with van der Waals surface area (Å²) in [4.78, 5) is 2.29. The number of rotatable bonds is 6. The molecule has 6 heteroatoms. The highest BCUT2D eigenvalue weighted by Gasteiger charge is 2.51. The Morgan fingerprint density at radius 1 is 1.08 bits per heavy atom. The maximum Gasteiger partial charge on any atom is 0.494 e. The molecule has 25 heavy (non-hydrogen) atoms. The fourth-order valence-electron chi connectivity index (χ4n) is 3.21. The molecule has 2 saturated heterocycles. The second-order valence-corrected chi connectivity index (χ2v) is 8.13. The van der Waals surface area contributed by atoms with Crippen LogP contribution in [0.15, 0.2) is 24.3 Å². The van der Waals surface area contributed by atoms with Gasteiger partial charge in [-0.1, -0.05) is 12.1 Å². The summed E-state index contributed by atoms with van der Waals surface area (Å²) >= 11 is 0. The van der Waals surface area contributed by atoms with Crippen LogP contribution in [-0.4, -0.2) is 60.7 Å².